The van der Waals surface area contributed by atoms with E-state index in [1.165, 1.54) is 19.3 Å². The number of hydrogen-bond acceptors (Lipinski definition) is 1. The lowest BCUT2D eigenvalue weighted by atomic mass is 9.95. The summed E-state index contributed by atoms with van der Waals surface area (Å²) in [6.45, 7) is 5.46. The molecule has 0 unspecified atom stereocenters. The minimum atomic E-state index is 0.591. The molecular formula is C8H17N. The molecule has 1 aliphatic rings. The summed E-state index contributed by atoms with van der Waals surface area (Å²) in [6.07, 6.45) is 4.09. The molecule has 0 amide bonds. The molecule has 0 aromatic rings. The van der Waals surface area contributed by atoms with Gasteiger partial charge in [0.1, 0.15) is 0 Å². The van der Waals surface area contributed by atoms with Crippen molar-refractivity contribution >= 4 is 0 Å². The van der Waals surface area contributed by atoms with E-state index in [9.17, 15) is 0 Å². The maximum absolute atomic E-state index is 5.62. The van der Waals surface area contributed by atoms with Gasteiger partial charge in [-0.3, -0.25) is 0 Å². The van der Waals surface area contributed by atoms with Crippen LogP contribution in [0.25, 0.3) is 0 Å². The highest BCUT2D eigenvalue weighted by molar-refractivity contribution is 4.94. The van der Waals surface area contributed by atoms with E-state index >= 15 is 0 Å². The Morgan fingerprint density at radius 3 is 2.11 bits per heavy atom. The summed E-state index contributed by atoms with van der Waals surface area (Å²) in [4.78, 5) is 0. The van der Waals surface area contributed by atoms with Crippen molar-refractivity contribution in [2.24, 2.45) is 17.1 Å². The van der Waals surface area contributed by atoms with Crippen molar-refractivity contribution in [2.45, 2.75) is 33.1 Å². The molecule has 1 rings (SSSR count). The molecule has 1 heteroatoms. The van der Waals surface area contributed by atoms with Gasteiger partial charge >= 0.3 is 0 Å². The van der Waals surface area contributed by atoms with Gasteiger partial charge < -0.3 is 5.73 Å². The fourth-order valence-electron chi connectivity index (χ4n) is 1.53. The van der Waals surface area contributed by atoms with Crippen molar-refractivity contribution < 1.29 is 0 Å². The summed E-state index contributed by atoms with van der Waals surface area (Å²) >= 11 is 0. The maximum atomic E-state index is 5.62. The second-order valence-electron chi connectivity index (χ2n) is 3.80. The molecule has 1 aliphatic carbocycles. The lowest BCUT2D eigenvalue weighted by Crippen LogP contribution is -2.17. The van der Waals surface area contributed by atoms with Crippen molar-refractivity contribution in [3.63, 3.8) is 0 Å². The standard InChI is InChI=1S/C8H17N/c1-7(2)5-8(6-9)3-4-8/h7H,3-6,9H2,1-2H3. The first-order chi connectivity index (χ1) is 4.18. The first kappa shape index (κ1) is 7.07. The minimum absolute atomic E-state index is 0.591. The third-order valence-corrected chi connectivity index (χ3v) is 2.23. The average Bonchev–Trinajstić information content (AvgIpc) is 2.48. The zero-order valence-corrected chi connectivity index (χ0v) is 6.48. The summed E-state index contributed by atoms with van der Waals surface area (Å²) in [5.41, 5.74) is 6.21. The summed E-state index contributed by atoms with van der Waals surface area (Å²) in [6, 6.07) is 0. The molecule has 1 saturated carbocycles. The van der Waals surface area contributed by atoms with Gasteiger partial charge in [0.05, 0.1) is 0 Å². The van der Waals surface area contributed by atoms with Crippen LogP contribution in [0.15, 0.2) is 0 Å². The molecule has 1 fully saturated rings. The summed E-state index contributed by atoms with van der Waals surface area (Å²) in [7, 11) is 0. The maximum Gasteiger partial charge on any atom is -0.00204 e. The van der Waals surface area contributed by atoms with Crippen LogP contribution in [0.1, 0.15) is 33.1 Å². The van der Waals surface area contributed by atoms with Gasteiger partial charge in [-0.15, -0.1) is 0 Å². The predicted octanol–water partition coefficient (Wildman–Crippen LogP) is 1.77. The van der Waals surface area contributed by atoms with Crippen LogP contribution in [0.2, 0.25) is 0 Å². The quantitative estimate of drug-likeness (QED) is 0.614. The highest BCUT2D eigenvalue weighted by atomic mass is 14.6. The van der Waals surface area contributed by atoms with E-state index in [2.05, 4.69) is 13.8 Å². The molecule has 54 valence electrons. The largest absolute Gasteiger partial charge is 0.330 e. The second kappa shape index (κ2) is 2.30. The summed E-state index contributed by atoms with van der Waals surface area (Å²) in [5.74, 6) is 0.830. The molecule has 0 aromatic carbocycles. The Morgan fingerprint density at radius 1 is 1.44 bits per heavy atom. The van der Waals surface area contributed by atoms with Crippen LogP contribution >= 0.6 is 0 Å². The van der Waals surface area contributed by atoms with Crippen LogP contribution in [0.4, 0.5) is 0 Å². The zero-order chi connectivity index (χ0) is 6.91. The van der Waals surface area contributed by atoms with E-state index in [1.54, 1.807) is 0 Å². The topological polar surface area (TPSA) is 26.0 Å². The van der Waals surface area contributed by atoms with Crippen molar-refractivity contribution in [3.05, 3.63) is 0 Å². The molecule has 0 spiro atoms. The molecule has 0 aromatic heterocycles. The van der Waals surface area contributed by atoms with Gasteiger partial charge in [-0.2, -0.15) is 0 Å². The van der Waals surface area contributed by atoms with E-state index in [-0.39, 0.29) is 0 Å². The first-order valence-corrected chi connectivity index (χ1v) is 3.89. The monoisotopic (exact) mass is 127 g/mol. The highest BCUT2D eigenvalue weighted by Gasteiger charge is 2.40. The fraction of sp³-hybridized carbons (Fsp3) is 1.00. The molecular weight excluding hydrogens is 110 g/mol. The van der Waals surface area contributed by atoms with Crippen LogP contribution in [-0.2, 0) is 0 Å². The lowest BCUT2D eigenvalue weighted by molar-refractivity contribution is 0.398. The fourth-order valence-corrected chi connectivity index (χ4v) is 1.53. The number of nitrogens with two attached hydrogens (primary N) is 1. The van der Waals surface area contributed by atoms with Crippen LogP contribution in [0.5, 0.6) is 0 Å². The Kier molecular flexibility index (Phi) is 1.80. The Bertz CT molecular complexity index is 92.7. The van der Waals surface area contributed by atoms with E-state index < -0.39 is 0 Å². The van der Waals surface area contributed by atoms with Gasteiger partial charge in [-0.1, -0.05) is 13.8 Å². The third kappa shape index (κ3) is 1.68. The van der Waals surface area contributed by atoms with Gasteiger partial charge in [0.15, 0.2) is 0 Å². The van der Waals surface area contributed by atoms with Gasteiger partial charge in [0, 0.05) is 0 Å². The molecule has 0 heterocycles. The molecule has 0 saturated heterocycles. The van der Waals surface area contributed by atoms with Crippen LogP contribution in [-0.4, -0.2) is 6.54 Å². The normalized spacial score (nSPS) is 22.7. The highest BCUT2D eigenvalue weighted by Crippen LogP contribution is 2.49. The van der Waals surface area contributed by atoms with Crippen molar-refractivity contribution in [3.8, 4) is 0 Å². The Morgan fingerprint density at radius 2 is 2.00 bits per heavy atom. The van der Waals surface area contributed by atoms with Crippen molar-refractivity contribution in [2.75, 3.05) is 6.54 Å². The van der Waals surface area contributed by atoms with E-state index in [0.29, 0.717) is 5.41 Å². The molecule has 0 aliphatic heterocycles. The molecule has 2 N–H and O–H groups in total. The molecule has 9 heavy (non-hydrogen) atoms. The minimum Gasteiger partial charge on any atom is -0.330 e. The Balaban J connectivity index is 2.25. The van der Waals surface area contributed by atoms with Crippen molar-refractivity contribution in [1.82, 2.24) is 0 Å². The van der Waals surface area contributed by atoms with Gasteiger partial charge in [0.25, 0.3) is 0 Å². The molecule has 0 radical (unpaired) electrons. The van der Waals surface area contributed by atoms with Gasteiger partial charge in [-0.05, 0) is 37.1 Å². The third-order valence-electron chi connectivity index (χ3n) is 2.23. The number of rotatable bonds is 3. The first-order valence-electron chi connectivity index (χ1n) is 3.89. The average molecular weight is 127 g/mol. The second-order valence-corrected chi connectivity index (χ2v) is 3.80. The Labute approximate surface area is 57.6 Å². The van der Waals surface area contributed by atoms with Crippen LogP contribution < -0.4 is 5.73 Å². The van der Waals surface area contributed by atoms with E-state index in [0.717, 1.165) is 12.5 Å². The van der Waals surface area contributed by atoms with Gasteiger partial charge in [0.2, 0.25) is 0 Å². The molecule has 0 atom stereocenters. The summed E-state index contributed by atoms with van der Waals surface area (Å²) in [5, 5.41) is 0. The smallest absolute Gasteiger partial charge is 0.00204 e. The SMILES string of the molecule is CC(C)CC1(CN)CC1. The molecule has 1 nitrogen and oxygen atoms in total. The summed E-state index contributed by atoms with van der Waals surface area (Å²) < 4.78 is 0. The van der Waals surface area contributed by atoms with Crippen LogP contribution in [0.3, 0.4) is 0 Å². The van der Waals surface area contributed by atoms with Gasteiger partial charge in [-0.25, -0.2) is 0 Å². The van der Waals surface area contributed by atoms with Crippen molar-refractivity contribution in [1.29, 1.82) is 0 Å². The van der Waals surface area contributed by atoms with E-state index in [1.807, 2.05) is 0 Å². The van der Waals surface area contributed by atoms with E-state index in [4.69, 9.17) is 5.73 Å². The van der Waals surface area contributed by atoms with Crippen LogP contribution in [0, 0.1) is 11.3 Å². The Hall–Kier alpha value is -0.0400. The lowest BCUT2D eigenvalue weighted by Gasteiger charge is -2.13. The zero-order valence-electron chi connectivity index (χ0n) is 6.48. The number of hydrogen-bond donors (Lipinski definition) is 1. The predicted molar refractivity (Wildman–Crippen MR) is 40.2 cm³/mol. The molecule has 0 bridgehead atoms.